The highest BCUT2D eigenvalue weighted by Crippen LogP contribution is 2.10. The zero-order valence-corrected chi connectivity index (χ0v) is 10.1. The summed E-state index contributed by atoms with van der Waals surface area (Å²) in [5.41, 5.74) is 0.818. The van der Waals surface area contributed by atoms with Gasteiger partial charge in [-0.1, -0.05) is 18.2 Å². The van der Waals surface area contributed by atoms with Gasteiger partial charge in [-0.3, -0.25) is 5.01 Å². The fourth-order valence-corrected chi connectivity index (χ4v) is 1.30. The largest absolute Gasteiger partial charge is 0.394 e. The topological polar surface area (TPSA) is 96.5 Å². The third-order valence-electron chi connectivity index (χ3n) is 2.45. The van der Waals surface area contributed by atoms with Crippen LogP contribution >= 0.6 is 0 Å². The summed E-state index contributed by atoms with van der Waals surface area (Å²) in [5, 5.41) is 42.1. The molecule has 0 unspecified atom stereocenters. The van der Waals surface area contributed by atoms with Crippen molar-refractivity contribution in [2.45, 2.75) is 18.3 Å². The zero-order valence-electron chi connectivity index (χ0n) is 10.1. The van der Waals surface area contributed by atoms with E-state index in [-0.39, 0.29) is 0 Å². The number of benzene rings is 1. The number of aliphatic hydroxyl groups excluding tert-OH is 4. The third kappa shape index (κ3) is 4.08. The van der Waals surface area contributed by atoms with Crippen LogP contribution in [0, 0.1) is 0 Å². The normalized spacial score (nSPS) is 16.5. The van der Waals surface area contributed by atoms with Gasteiger partial charge < -0.3 is 20.4 Å². The van der Waals surface area contributed by atoms with Gasteiger partial charge in [0.25, 0.3) is 0 Å². The van der Waals surface area contributed by atoms with Crippen molar-refractivity contribution in [1.82, 2.24) is 0 Å². The van der Waals surface area contributed by atoms with Crippen LogP contribution in [0.3, 0.4) is 0 Å². The van der Waals surface area contributed by atoms with E-state index in [2.05, 4.69) is 5.10 Å². The van der Waals surface area contributed by atoms with Crippen molar-refractivity contribution in [3.8, 4) is 0 Å². The van der Waals surface area contributed by atoms with E-state index in [9.17, 15) is 10.2 Å². The Morgan fingerprint density at radius 1 is 1.22 bits per heavy atom. The molecule has 0 fully saturated rings. The van der Waals surface area contributed by atoms with Crippen LogP contribution in [-0.2, 0) is 0 Å². The number of anilines is 1. The van der Waals surface area contributed by atoms with Gasteiger partial charge in [-0.05, 0) is 12.1 Å². The zero-order chi connectivity index (χ0) is 13.5. The molecule has 0 radical (unpaired) electrons. The summed E-state index contributed by atoms with van der Waals surface area (Å²) in [4.78, 5) is 0. The summed E-state index contributed by atoms with van der Waals surface area (Å²) in [6.45, 7) is -0.624. The van der Waals surface area contributed by atoms with Gasteiger partial charge in [-0.2, -0.15) is 5.10 Å². The Kier molecular flexibility index (Phi) is 5.73. The molecule has 0 heterocycles. The maximum absolute atomic E-state index is 9.52. The van der Waals surface area contributed by atoms with Gasteiger partial charge in [-0.15, -0.1) is 0 Å². The quantitative estimate of drug-likeness (QED) is 0.393. The Balaban J connectivity index is 2.58. The highest BCUT2D eigenvalue weighted by atomic mass is 16.4. The molecule has 3 atom stereocenters. The van der Waals surface area contributed by atoms with Crippen LogP contribution in [0.25, 0.3) is 0 Å². The molecule has 18 heavy (non-hydrogen) atoms. The molecule has 0 aliphatic carbocycles. The first-order valence-corrected chi connectivity index (χ1v) is 5.54. The van der Waals surface area contributed by atoms with E-state index in [1.165, 1.54) is 5.01 Å². The van der Waals surface area contributed by atoms with E-state index in [1.807, 2.05) is 30.3 Å². The molecule has 0 saturated heterocycles. The standard InChI is InChI=1S/C12H18N2O4/c1-14(9-5-3-2-4-6-9)13-7-10(16)12(18)11(17)8-15/h2-7,10-12,15-18H,8H2,1H3/b13-7+/t10-,11+,12-/m0/s1. The maximum Gasteiger partial charge on any atom is 0.119 e. The van der Waals surface area contributed by atoms with Crippen LogP contribution in [-0.4, -0.2) is 58.6 Å². The second kappa shape index (κ2) is 7.07. The van der Waals surface area contributed by atoms with Crippen LogP contribution in [0.2, 0.25) is 0 Å². The molecule has 0 saturated carbocycles. The number of aliphatic hydroxyl groups is 4. The van der Waals surface area contributed by atoms with E-state index in [0.29, 0.717) is 0 Å². The highest BCUT2D eigenvalue weighted by Gasteiger charge is 2.22. The minimum Gasteiger partial charge on any atom is -0.394 e. The monoisotopic (exact) mass is 254 g/mol. The lowest BCUT2D eigenvalue weighted by atomic mass is 10.1. The summed E-state index contributed by atoms with van der Waals surface area (Å²) < 4.78 is 0. The van der Waals surface area contributed by atoms with Crippen LogP contribution in [0.4, 0.5) is 5.69 Å². The van der Waals surface area contributed by atoms with E-state index in [4.69, 9.17) is 10.2 Å². The molecule has 0 aliphatic rings. The van der Waals surface area contributed by atoms with Crippen molar-refractivity contribution in [2.75, 3.05) is 18.7 Å². The molecule has 6 nitrogen and oxygen atoms in total. The van der Waals surface area contributed by atoms with Crippen LogP contribution < -0.4 is 5.01 Å². The molecule has 0 aliphatic heterocycles. The number of hydrazone groups is 1. The van der Waals surface area contributed by atoms with Crippen molar-refractivity contribution < 1.29 is 20.4 Å². The lowest BCUT2D eigenvalue weighted by Gasteiger charge is -2.19. The Morgan fingerprint density at radius 3 is 2.39 bits per heavy atom. The Morgan fingerprint density at radius 2 is 1.83 bits per heavy atom. The number of nitrogens with zero attached hydrogens (tertiary/aromatic N) is 2. The van der Waals surface area contributed by atoms with Gasteiger partial charge in [0, 0.05) is 7.05 Å². The first kappa shape index (κ1) is 14.6. The van der Waals surface area contributed by atoms with E-state index < -0.39 is 24.9 Å². The second-order valence-corrected chi connectivity index (χ2v) is 3.85. The van der Waals surface area contributed by atoms with Crippen molar-refractivity contribution >= 4 is 11.9 Å². The van der Waals surface area contributed by atoms with Crippen LogP contribution in [0.15, 0.2) is 35.4 Å². The van der Waals surface area contributed by atoms with Crippen molar-refractivity contribution in [1.29, 1.82) is 0 Å². The minimum absolute atomic E-state index is 0.624. The third-order valence-corrected chi connectivity index (χ3v) is 2.45. The first-order valence-electron chi connectivity index (χ1n) is 5.54. The van der Waals surface area contributed by atoms with Crippen LogP contribution in [0.5, 0.6) is 0 Å². The maximum atomic E-state index is 9.52. The molecule has 0 aromatic heterocycles. The van der Waals surface area contributed by atoms with Gasteiger partial charge >= 0.3 is 0 Å². The van der Waals surface area contributed by atoms with Gasteiger partial charge in [0.2, 0.25) is 0 Å². The summed E-state index contributed by atoms with van der Waals surface area (Å²) in [6, 6.07) is 9.24. The van der Waals surface area contributed by atoms with E-state index in [0.717, 1.165) is 11.9 Å². The molecule has 100 valence electrons. The van der Waals surface area contributed by atoms with Gasteiger partial charge in [-0.25, -0.2) is 0 Å². The fourth-order valence-electron chi connectivity index (χ4n) is 1.30. The summed E-state index contributed by atoms with van der Waals surface area (Å²) in [7, 11) is 1.69. The summed E-state index contributed by atoms with van der Waals surface area (Å²) >= 11 is 0. The number of para-hydroxylation sites is 1. The first-order chi connectivity index (χ1) is 8.56. The summed E-state index contributed by atoms with van der Waals surface area (Å²) in [6.07, 6.45) is -3.11. The molecule has 0 bridgehead atoms. The van der Waals surface area contributed by atoms with E-state index in [1.54, 1.807) is 7.05 Å². The SMILES string of the molecule is CN(/N=C/[C@H](O)[C@H](O)[C@H](O)CO)c1ccccc1. The predicted molar refractivity (Wildman–Crippen MR) is 68.4 cm³/mol. The highest BCUT2D eigenvalue weighted by molar-refractivity contribution is 5.65. The van der Waals surface area contributed by atoms with Crippen molar-refractivity contribution in [3.05, 3.63) is 30.3 Å². The lowest BCUT2D eigenvalue weighted by molar-refractivity contribution is -0.0541. The Hall–Kier alpha value is -1.47. The Bertz CT molecular complexity index is 372. The van der Waals surface area contributed by atoms with Crippen LogP contribution in [0.1, 0.15) is 0 Å². The molecule has 0 amide bonds. The average Bonchev–Trinajstić information content (AvgIpc) is 2.43. The molecular weight excluding hydrogens is 236 g/mol. The smallest absolute Gasteiger partial charge is 0.119 e. The molecule has 4 N–H and O–H groups in total. The minimum atomic E-state index is -1.47. The van der Waals surface area contributed by atoms with Crippen molar-refractivity contribution in [2.24, 2.45) is 5.10 Å². The van der Waals surface area contributed by atoms with Gasteiger partial charge in [0.05, 0.1) is 18.5 Å². The van der Waals surface area contributed by atoms with Crippen molar-refractivity contribution in [3.63, 3.8) is 0 Å². The fraction of sp³-hybridized carbons (Fsp3) is 0.417. The molecule has 6 heteroatoms. The molecule has 1 aromatic rings. The Labute approximate surface area is 105 Å². The molecule has 1 rings (SSSR count). The predicted octanol–water partition coefficient (Wildman–Crippen LogP) is -0.816. The number of hydrogen-bond donors (Lipinski definition) is 4. The molecular formula is C12H18N2O4. The molecule has 1 aromatic carbocycles. The summed E-state index contributed by atoms with van der Waals surface area (Å²) in [5.74, 6) is 0. The van der Waals surface area contributed by atoms with E-state index >= 15 is 0 Å². The average molecular weight is 254 g/mol. The second-order valence-electron chi connectivity index (χ2n) is 3.85. The molecule has 0 spiro atoms. The lowest BCUT2D eigenvalue weighted by Crippen LogP contribution is -2.40. The number of rotatable bonds is 6. The van der Waals surface area contributed by atoms with Gasteiger partial charge in [0.1, 0.15) is 18.3 Å². The van der Waals surface area contributed by atoms with Gasteiger partial charge in [0.15, 0.2) is 0 Å². The number of hydrogen-bond acceptors (Lipinski definition) is 6.